The van der Waals surface area contributed by atoms with Crippen molar-refractivity contribution in [1.29, 1.82) is 0 Å². The number of hydrogen-bond acceptors (Lipinski definition) is 2. The lowest BCUT2D eigenvalue weighted by atomic mass is 10.1. The third-order valence-corrected chi connectivity index (χ3v) is 2.55. The fraction of sp³-hybridized carbons (Fsp3) is 0.125. The van der Waals surface area contributed by atoms with Crippen LogP contribution in [0.4, 0.5) is 13.2 Å². The average Bonchev–Trinajstić information content (AvgIpc) is 2.14. The van der Waals surface area contributed by atoms with E-state index in [4.69, 9.17) is 16.8 Å². The van der Waals surface area contributed by atoms with E-state index < -0.39 is 11.7 Å². The first-order chi connectivity index (χ1) is 6.86. The van der Waals surface area contributed by atoms with Crippen molar-refractivity contribution in [3.05, 3.63) is 33.8 Å². The summed E-state index contributed by atoms with van der Waals surface area (Å²) in [4.78, 5) is 0. The van der Waals surface area contributed by atoms with E-state index in [1.165, 1.54) is 0 Å². The Morgan fingerprint density at radius 3 is 2.40 bits per heavy atom. The Hall–Kier alpha value is -0.750. The molecule has 0 saturated heterocycles. The van der Waals surface area contributed by atoms with Crippen molar-refractivity contribution in [2.45, 2.75) is 6.18 Å². The molecule has 0 aromatic heterocycles. The summed E-state index contributed by atoms with van der Waals surface area (Å²) in [6.45, 7) is 0. The molecule has 0 atom stereocenters. The Bertz CT molecular complexity index is 405. The molecule has 0 unspecified atom stereocenters. The van der Waals surface area contributed by atoms with E-state index in [0.29, 0.717) is 0 Å². The van der Waals surface area contributed by atoms with E-state index >= 15 is 0 Å². The van der Waals surface area contributed by atoms with Gasteiger partial charge in [0.15, 0.2) is 5.17 Å². The van der Waals surface area contributed by atoms with Crippen molar-refractivity contribution < 1.29 is 18.4 Å². The van der Waals surface area contributed by atoms with Crippen molar-refractivity contribution >= 4 is 32.7 Å². The first-order valence-electron chi connectivity index (χ1n) is 3.61. The molecule has 2 nitrogen and oxygen atoms in total. The predicted molar refractivity (Wildman–Crippen MR) is 53.3 cm³/mol. The number of alkyl halides is 3. The summed E-state index contributed by atoms with van der Waals surface area (Å²) in [7, 11) is 0. The second-order valence-corrected chi connectivity index (χ2v) is 3.80. The standard InChI is InChI=1S/C8H4BrClF3NO/c9-6-3-4(7(10)14-15)1-2-5(6)8(11,12)13/h1-3,15H/b14-7-. The highest BCUT2D eigenvalue weighted by Crippen LogP contribution is 2.35. The summed E-state index contributed by atoms with van der Waals surface area (Å²) in [6, 6.07) is 3.10. The van der Waals surface area contributed by atoms with E-state index in [-0.39, 0.29) is 15.2 Å². The monoisotopic (exact) mass is 301 g/mol. The van der Waals surface area contributed by atoms with Crippen LogP contribution in [-0.2, 0) is 6.18 Å². The highest BCUT2D eigenvalue weighted by atomic mass is 79.9. The van der Waals surface area contributed by atoms with Crippen LogP contribution in [0.3, 0.4) is 0 Å². The minimum absolute atomic E-state index is 0.158. The zero-order valence-corrected chi connectivity index (χ0v) is 9.36. The predicted octanol–water partition coefficient (Wildman–Crippen LogP) is 3.84. The number of oxime groups is 1. The highest BCUT2D eigenvalue weighted by Gasteiger charge is 2.32. The molecular formula is C8H4BrClF3NO. The first-order valence-corrected chi connectivity index (χ1v) is 4.78. The number of nitrogens with zero attached hydrogens (tertiary/aromatic N) is 1. The maximum atomic E-state index is 12.3. The molecule has 0 aliphatic carbocycles. The van der Waals surface area contributed by atoms with Gasteiger partial charge in [-0.2, -0.15) is 13.2 Å². The molecule has 0 spiro atoms. The molecule has 0 saturated carbocycles. The normalized spacial score (nSPS) is 13.0. The molecule has 1 N–H and O–H groups in total. The second kappa shape index (κ2) is 4.40. The van der Waals surface area contributed by atoms with Crippen molar-refractivity contribution in [3.8, 4) is 0 Å². The van der Waals surface area contributed by atoms with E-state index in [0.717, 1.165) is 18.2 Å². The van der Waals surface area contributed by atoms with Gasteiger partial charge < -0.3 is 5.21 Å². The van der Waals surface area contributed by atoms with Crippen LogP contribution in [-0.4, -0.2) is 10.4 Å². The molecule has 0 heterocycles. The molecule has 0 amide bonds. The van der Waals surface area contributed by atoms with E-state index in [2.05, 4.69) is 21.1 Å². The summed E-state index contributed by atoms with van der Waals surface area (Å²) in [5.41, 5.74) is -0.618. The summed E-state index contributed by atoms with van der Waals surface area (Å²) in [6.07, 6.45) is -4.43. The fourth-order valence-corrected chi connectivity index (χ4v) is 1.65. The van der Waals surface area contributed by atoms with Crippen LogP contribution in [0.15, 0.2) is 27.8 Å². The smallest absolute Gasteiger partial charge is 0.410 e. The van der Waals surface area contributed by atoms with E-state index in [1.54, 1.807) is 0 Å². The minimum Gasteiger partial charge on any atom is -0.410 e. The summed E-state index contributed by atoms with van der Waals surface area (Å²) in [5, 5.41) is 10.7. The van der Waals surface area contributed by atoms with Gasteiger partial charge in [-0.1, -0.05) is 38.8 Å². The average molecular weight is 302 g/mol. The Morgan fingerprint density at radius 2 is 2.00 bits per heavy atom. The molecule has 7 heteroatoms. The number of benzene rings is 1. The molecule has 1 aromatic carbocycles. The van der Waals surface area contributed by atoms with E-state index in [1.807, 2.05) is 0 Å². The van der Waals surface area contributed by atoms with Gasteiger partial charge in [-0.15, -0.1) is 0 Å². The molecule has 0 aliphatic heterocycles. The van der Waals surface area contributed by atoms with Crippen molar-refractivity contribution in [1.82, 2.24) is 0 Å². The van der Waals surface area contributed by atoms with Crippen LogP contribution in [0, 0.1) is 0 Å². The molecule has 15 heavy (non-hydrogen) atoms. The third-order valence-electron chi connectivity index (χ3n) is 1.60. The van der Waals surface area contributed by atoms with Gasteiger partial charge in [0.05, 0.1) is 5.56 Å². The lowest BCUT2D eigenvalue weighted by Crippen LogP contribution is -2.06. The Balaban J connectivity index is 3.21. The van der Waals surface area contributed by atoms with Crippen LogP contribution in [0.5, 0.6) is 0 Å². The van der Waals surface area contributed by atoms with Gasteiger partial charge in [0, 0.05) is 10.0 Å². The van der Waals surface area contributed by atoms with Crippen LogP contribution < -0.4 is 0 Å². The molecule has 1 rings (SSSR count). The van der Waals surface area contributed by atoms with Crippen LogP contribution >= 0.6 is 27.5 Å². The Morgan fingerprint density at radius 1 is 1.40 bits per heavy atom. The number of rotatable bonds is 1. The molecule has 0 fully saturated rings. The van der Waals surface area contributed by atoms with Gasteiger partial charge in [0.25, 0.3) is 0 Å². The zero-order valence-electron chi connectivity index (χ0n) is 7.02. The Labute approximate surface area is 96.5 Å². The summed E-state index contributed by atoms with van der Waals surface area (Å²) in [5.74, 6) is 0. The summed E-state index contributed by atoms with van der Waals surface area (Å²) < 4.78 is 36.8. The third kappa shape index (κ3) is 2.85. The second-order valence-electron chi connectivity index (χ2n) is 2.58. The zero-order chi connectivity index (χ0) is 11.6. The van der Waals surface area contributed by atoms with Gasteiger partial charge in [-0.05, 0) is 12.1 Å². The molecule has 1 aromatic rings. The maximum Gasteiger partial charge on any atom is 0.417 e. The van der Waals surface area contributed by atoms with Gasteiger partial charge >= 0.3 is 6.18 Å². The molecule has 0 aliphatic rings. The highest BCUT2D eigenvalue weighted by molar-refractivity contribution is 9.10. The number of halogens is 5. The first kappa shape index (κ1) is 12.3. The van der Waals surface area contributed by atoms with E-state index in [9.17, 15) is 13.2 Å². The Kier molecular flexibility index (Phi) is 3.62. The van der Waals surface area contributed by atoms with Crippen LogP contribution in [0.2, 0.25) is 0 Å². The largest absolute Gasteiger partial charge is 0.417 e. The van der Waals surface area contributed by atoms with Gasteiger partial charge in [-0.3, -0.25) is 0 Å². The van der Waals surface area contributed by atoms with Crippen LogP contribution in [0.1, 0.15) is 11.1 Å². The van der Waals surface area contributed by atoms with Crippen molar-refractivity contribution in [3.63, 3.8) is 0 Å². The molecule has 82 valence electrons. The van der Waals surface area contributed by atoms with Gasteiger partial charge in [0.1, 0.15) is 0 Å². The lowest BCUT2D eigenvalue weighted by molar-refractivity contribution is -0.138. The maximum absolute atomic E-state index is 12.3. The minimum atomic E-state index is -4.43. The topological polar surface area (TPSA) is 32.6 Å². The molecular weight excluding hydrogens is 298 g/mol. The van der Waals surface area contributed by atoms with Gasteiger partial charge in [0.2, 0.25) is 0 Å². The SMILES string of the molecule is O/N=C(\Cl)c1ccc(C(F)(F)F)c(Br)c1. The summed E-state index contributed by atoms with van der Waals surface area (Å²) >= 11 is 8.19. The van der Waals surface area contributed by atoms with Gasteiger partial charge in [-0.25, -0.2) is 0 Å². The fourth-order valence-electron chi connectivity index (χ4n) is 0.931. The van der Waals surface area contributed by atoms with Crippen molar-refractivity contribution in [2.75, 3.05) is 0 Å². The molecule has 0 radical (unpaired) electrons. The quantitative estimate of drug-likeness (QED) is 0.477. The number of hydrogen-bond donors (Lipinski definition) is 1. The lowest BCUT2D eigenvalue weighted by Gasteiger charge is -2.09. The van der Waals surface area contributed by atoms with Crippen molar-refractivity contribution in [2.24, 2.45) is 5.16 Å². The molecule has 0 bridgehead atoms. The van der Waals surface area contributed by atoms with Crippen LogP contribution in [0.25, 0.3) is 0 Å².